The smallest absolute Gasteiger partial charge is 0.257 e. The molecule has 2 aromatic rings. The fourth-order valence-electron chi connectivity index (χ4n) is 2.28. The number of aromatic nitrogens is 1. The molecule has 0 aliphatic rings. The summed E-state index contributed by atoms with van der Waals surface area (Å²) in [5, 5.41) is 11.8. The number of hydrogen-bond donors (Lipinski definition) is 1. The summed E-state index contributed by atoms with van der Waals surface area (Å²) in [4.78, 5) is 30.4. The maximum atomic E-state index is 12.4. The van der Waals surface area contributed by atoms with Crippen molar-refractivity contribution >= 4 is 17.5 Å². The van der Waals surface area contributed by atoms with Crippen LogP contribution in [-0.4, -0.2) is 35.3 Å². The molecule has 1 aromatic carbocycles. The van der Waals surface area contributed by atoms with E-state index < -0.39 is 5.91 Å². The van der Waals surface area contributed by atoms with Crippen molar-refractivity contribution in [3.05, 3.63) is 59.4 Å². The summed E-state index contributed by atoms with van der Waals surface area (Å²) in [6.07, 6.45) is 4.76. The molecule has 0 aliphatic carbocycles. The number of carbonyl (C=O) groups excluding carboxylic acids is 2. The molecule has 2 rings (SSSR count). The molecule has 0 saturated carbocycles. The molecule has 1 aromatic heterocycles. The molecule has 0 aliphatic heterocycles. The Morgan fingerprint density at radius 1 is 1.24 bits per heavy atom. The molecule has 6 heteroatoms. The molecule has 6 nitrogen and oxygen atoms in total. The Balaban J connectivity index is 2.16. The summed E-state index contributed by atoms with van der Waals surface area (Å²) in [6, 6.07) is 10.3. The largest absolute Gasteiger partial charge is 0.342 e. The summed E-state index contributed by atoms with van der Waals surface area (Å²) in [5.74, 6) is -0.589. The number of rotatable bonds is 6. The van der Waals surface area contributed by atoms with Crippen molar-refractivity contribution < 1.29 is 9.59 Å². The van der Waals surface area contributed by atoms with Gasteiger partial charge in [-0.15, -0.1) is 0 Å². The zero-order chi connectivity index (χ0) is 18.2. The van der Waals surface area contributed by atoms with E-state index in [2.05, 4.69) is 17.2 Å². The van der Waals surface area contributed by atoms with Gasteiger partial charge >= 0.3 is 0 Å². The Morgan fingerprint density at radius 2 is 1.96 bits per heavy atom. The highest BCUT2D eigenvalue weighted by Gasteiger charge is 2.15. The predicted octanol–water partition coefficient (Wildman–Crippen LogP) is 3.08. The van der Waals surface area contributed by atoms with Gasteiger partial charge < -0.3 is 10.2 Å². The Labute approximate surface area is 147 Å². The first-order chi connectivity index (χ1) is 12.1. The SMILES string of the molecule is CCCCN(C)C(=O)c1cncc(C(=O)Nc2ccccc2C#N)c1. The van der Waals surface area contributed by atoms with Crippen molar-refractivity contribution in [2.24, 2.45) is 0 Å². The van der Waals surface area contributed by atoms with Crippen LogP contribution in [0.2, 0.25) is 0 Å². The molecule has 1 N–H and O–H groups in total. The number of pyridine rings is 1. The standard InChI is InChI=1S/C19H20N4O2/c1-3-4-9-23(2)19(25)16-10-15(12-21-13-16)18(24)22-17-8-6-5-7-14(17)11-20/h5-8,10,12-13H,3-4,9H2,1-2H3,(H,22,24). The molecule has 0 saturated heterocycles. The van der Waals surface area contributed by atoms with Crippen LogP contribution in [0.15, 0.2) is 42.7 Å². The van der Waals surface area contributed by atoms with Crippen LogP contribution in [0, 0.1) is 11.3 Å². The second-order valence-electron chi connectivity index (χ2n) is 5.65. The quantitative estimate of drug-likeness (QED) is 0.878. The molecule has 0 unspecified atom stereocenters. The van der Waals surface area contributed by atoms with E-state index in [0.29, 0.717) is 23.4 Å². The van der Waals surface area contributed by atoms with Crippen LogP contribution in [0.1, 0.15) is 46.0 Å². The number of nitrogens with zero attached hydrogens (tertiary/aromatic N) is 3. The molecule has 0 fully saturated rings. The maximum Gasteiger partial charge on any atom is 0.257 e. The monoisotopic (exact) mass is 336 g/mol. The highest BCUT2D eigenvalue weighted by molar-refractivity contribution is 6.06. The Hall–Kier alpha value is -3.20. The fourth-order valence-corrected chi connectivity index (χ4v) is 2.28. The number of hydrogen-bond acceptors (Lipinski definition) is 4. The maximum absolute atomic E-state index is 12.4. The second kappa shape index (κ2) is 8.60. The number of nitrogens with one attached hydrogen (secondary N) is 1. The van der Waals surface area contributed by atoms with Crippen molar-refractivity contribution in [1.82, 2.24) is 9.88 Å². The van der Waals surface area contributed by atoms with Crippen molar-refractivity contribution in [1.29, 1.82) is 5.26 Å². The van der Waals surface area contributed by atoms with Gasteiger partial charge in [0.15, 0.2) is 0 Å². The summed E-state index contributed by atoms with van der Waals surface area (Å²) in [7, 11) is 1.73. The van der Waals surface area contributed by atoms with Crippen LogP contribution in [-0.2, 0) is 0 Å². The van der Waals surface area contributed by atoms with E-state index in [9.17, 15) is 9.59 Å². The number of anilines is 1. The Bertz CT molecular complexity index is 811. The van der Waals surface area contributed by atoms with E-state index in [-0.39, 0.29) is 11.5 Å². The van der Waals surface area contributed by atoms with E-state index in [1.807, 2.05) is 6.07 Å². The van der Waals surface area contributed by atoms with Crippen LogP contribution >= 0.6 is 0 Å². The lowest BCUT2D eigenvalue weighted by Crippen LogP contribution is -2.28. The van der Waals surface area contributed by atoms with Gasteiger partial charge in [-0.2, -0.15) is 5.26 Å². The molecular formula is C19H20N4O2. The fraction of sp³-hybridized carbons (Fsp3) is 0.263. The van der Waals surface area contributed by atoms with Crippen molar-refractivity contribution in [2.75, 3.05) is 18.9 Å². The minimum absolute atomic E-state index is 0.173. The first-order valence-corrected chi connectivity index (χ1v) is 8.07. The van der Waals surface area contributed by atoms with Crippen LogP contribution in [0.25, 0.3) is 0 Å². The average molecular weight is 336 g/mol. The van der Waals surface area contributed by atoms with Gasteiger partial charge in [-0.25, -0.2) is 0 Å². The molecule has 128 valence electrons. The van der Waals surface area contributed by atoms with Crippen LogP contribution in [0.5, 0.6) is 0 Å². The number of benzene rings is 1. The first kappa shape index (κ1) is 18.1. The van der Waals surface area contributed by atoms with E-state index >= 15 is 0 Å². The van der Waals surface area contributed by atoms with Gasteiger partial charge in [-0.05, 0) is 24.6 Å². The molecule has 0 radical (unpaired) electrons. The minimum atomic E-state index is -0.416. The molecule has 2 amide bonds. The van der Waals surface area contributed by atoms with Crippen LogP contribution in [0.3, 0.4) is 0 Å². The third-order valence-electron chi connectivity index (χ3n) is 3.74. The lowest BCUT2D eigenvalue weighted by Gasteiger charge is -2.16. The number of amides is 2. The molecular weight excluding hydrogens is 316 g/mol. The van der Waals surface area contributed by atoms with Crippen LogP contribution < -0.4 is 5.32 Å². The van der Waals surface area contributed by atoms with E-state index in [0.717, 1.165) is 12.8 Å². The van der Waals surface area contributed by atoms with Gasteiger partial charge in [-0.1, -0.05) is 25.5 Å². The zero-order valence-electron chi connectivity index (χ0n) is 14.3. The number of nitriles is 1. The van der Waals surface area contributed by atoms with Gasteiger partial charge in [-0.3, -0.25) is 14.6 Å². The summed E-state index contributed by atoms with van der Waals surface area (Å²) in [5.41, 5.74) is 1.42. The third kappa shape index (κ3) is 4.64. The van der Waals surface area contributed by atoms with E-state index in [4.69, 9.17) is 5.26 Å². The Kier molecular flexibility index (Phi) is 6.24. The predicted molar refractivity (Wildman–Crippen MR) is 95.2 cm³/mol. The number of carbonyl (C=O) groups is 2. The highest BCUT2D eigenvalue weighted by atomic mass is 16.2. The van der Waals surface area contributed by atoms with Crippen molar-refractivity contribution in [2.45, 2.75) is 19.8 Å². The molecule has 0 bridgehead atoms. The van der Waals surface area contributed by atoms with Gasteiger partial charge in [0.2, 0.25) is 0 Å². The van der Waals surface area contributed by atoms with Gasteiger partial charge in [0, 0.05) is 26.0 Å². The third-order valence-corrected chi connectivity index (χ3v) is 3.74. The normalized spacial score (nSPS) is 9.96. The Morgan fingerprint density at radius 3 is 2.68 bits per heavy atom. The minimum Gasteiger partial charge on any atom is -0.342 e. The zero-order valence-corrected chi connectivity index (χ0v) is 14.3. The van der Waals surface area contributed by atoms with Crippen molar-refractivity contribution in [3.63, 3.8) is 0 Å². The second-order valence-corrected chi connectivity index (χ2v) is 5.65. The van der Waals surface area contributed by atoms with E-state index in [1.165, 1.54) is 18.5 Å². The number of unbranched alkanes of at least 4 members (excludes halogenated alkanes) is 1. The summed E-state index contributed by atoms with van der Waals surface area (Å²) < 4.78 is 0. The molecule has 0 spiro atoms. The summed E-state index contributed by atoms with van der Waals surface area (Å²) in [6.45, 7) is 2.71. The van der Waals surface area contributed by atoms with Crippen LogP contribution in [0.4, 0.5) is 5.69 Å². The van der Waals surface area contributed by atoms with Crippen molar-refractivity contribution in [3.8, 4) is 6.07 Å². The summed E-state index contributed by atoms with van der Waals surface area (Å²) >= 11 is 0. The highest BCUT2D eigenvalue weighted by Crippen LogP contribution is 2.15. The topological polar surface area (TPSA) is 86.1 Å². The molecule has 25 heavy (non-hydrogen) atoms. The molecule has 0 atom stereocenters. The van der Waals surface area contributed by atoms with Gasteiger partial charge in [0.05, 0.1) is 22.4 Å². The average Bonchev–Trinajstić information content (AvgIpc) is 2.65. The number of para-hydroxylation sites is 1. The van der Waals surface area contributed by atoms with E-state index in [1.54, 1.807) is 36.2 Å². The lowest BCUT2D eigenvalue weighted by atomic mass is 10.1. The lowest BCUT2D eigenvalue weighted by molar-refractivity contribution is 0.0793. The van der Waals surface area contributed by atoms with Gasteiger partial charge in [0.1, 0.15) is 6.07 Å². The van der Waals surface area contributed by atoms with Gasteiger partial charge in [0.25, 0.3) is 11.8 Å². The first-order valence-electron chi connectivity index (χ1n) is 8.07. The molecule has 1 heterocycles.